The molecular weight excluding hydrogens is 393 g/mol. The zero-order valence-corrected chi connectivity index (χ0v) is 15.8. The van der Waals surface area contributed by atoms with E-state index in [0.717, 1.165) is 11.3 Å². The van der Waals surface area contributed by atoms with E-state index in [1.165, 1.54) is 12.1 Å². The van der Waals surface area contributed by atoms with Crippen LogP contribution in [0.2, 0.25) is 5.02 Å². The fourth-order valence-corrected chi connectivity index (χ4v) is 3.82. The summed E-state index contributed by atoms with van der Waals surface area (Å²) in [6.45, 7) is 1.76. The molecule has 140 valence electrons. The van der Waals surface area contributed by atoms with Crippen LogP contribution in [0.3, 0.4) is 0 Å². The number of anilines is 1. The highest BCUT2D eigenvalue weighted by atomic mass is 35.5. The number of esters is 1. The van der Waals surface area contributed by atoms with Crippen molar-refractivity contribution in [1.82, 2.24) is 0 Å². The van der Waals surface area contributed by atoms with Crippen LogP contribution in [0.15, 0.2) is 42.5 Å². The normalized spacial score (nSPS) is 10.6. The molecule has 27 heavy (non-hydrogen) atoms. The number of rotatable bonds is 6. The zero-order chi connectivity index (χ0) is 19.4. The summed E-state index contributed by atoms with van der Waals surface area (Å²) in [5, 5.41) is 3.63. The third kappa shape index (κ3) is 4.56. The third-order valence-electron chi connectivity index (χ3n) is 3.55. The SMILES string of the molecule is CCOC(=O)COc1cccc(NC(=O)c2sc3cc(F)ccc3c2Cl)c1. The predicted molar refractivity (Wildman–Crippen MR) is 103 cm³/mol. The number of halogens is 2. The molecule has 0 unspecified atom stereocenters. The lowest BCUT2D eigenvalue weighted by atomic mass is 10.2. The fourth-order valence-electron chi connectivity index (χ4n) is 2.38. The van der Waals surface area contributed by atoms with Gasteiger partial charge in [-0.15, -0.1) is 11.3 Å². The van der Waals surface area contributed by atoms with E-state index in [4.69, 9.17) is 21.1 Å². The summed E-state index contributed by atoms with van der Waals surface area (Å²) in [6.07, 6.45) is 0. The first-order valence-corrected chi connectivity index (χ1v) is 9.24. The smallest absolute Gasteiger partial charge is 0.344 e. The summed E-state index contributed by atoms with van der Waals surface area (Å²) in [6, 6.07) is 10.8. The van der Waals surface area contributed by atoms with Gasteiger partial charge < -0.3 is 14.8 Å². The van der Waals surface area contributed by atoms with E-state index < -0.39 is 11.9 Å². The second-order valence-electron chi connectivity index (χ2n) is 5.46. The van der Waals surface area contributed by atoms with Gasteiger partial charge in [0.25, 0.3) is 5.91 Å². The molecule has 3 aromatic rings. The van der Waals surface area contributed by atoms with Crippen LogP contribution in [0.1, 0.15) is 16.6 Å². The summed E-state index contributed by atoms with van der Waals surface area (Å²) in [4.78, 5) is 24.2. The monoisotopic (exact) mass is 407 g/mol. The fraction of sp³-hybridized carbons (Fsp3) is 0.158. The van der Waals surface area contributed by atoms with Crippen LogP contribution in [0.25, 0.3) is 10.1 Å². The molecule has 1 N–H and O–H groups in total. The Morgan fingerprint density at radius 1 is 1.22 bits per heavy atom. The Kier molecular flexibility index (Phi) is 5.93. The molecule has 0 saturated carbocycles. The first kappa shape index (κ1) is 19.1. The summed E-state index contributed by atoms with van der Waals surface area (Å²) < 4.78 is 24.1. The van der Waals surface area contributed by atoms with Crippen LogP contribution in [0.5, 0.6) is 5.75 Å². The number of amides is 1. The van der Waals surface area contributed by atoms with Gasteiger partial charge in [-0.25, -0.2) is 9.18 Å². The van der Waals surface area contributed by atoms with Crippen LogP contribution in [0, 0.1) is 5.82 Å². The summed E-state index contributed by atoms with van der Waals surface area (Å²) in [7, 11) is 0. The van der Waals surface area contributed by atoms with E-state index in [1.54, 1.807) is 37.3 Å². The highest BCUT2D eigenvalue weighted by Gasteiger charge is 2.18. The highest BCUT2D eigenvalue weighted by Crippen LogP contribution is 2.36. The Balaban J connectivity index is 1.73. The Labute approximate surface area is 163 Å². The molecule has 0 aliphatic carbocycles. The second kappa shape index (κ2) is 8.37. The minimum Gasteiger partial charge on any atom is -0.482 e. The van der Waals surface area contributed by atoms with Crippen LogP contribution < -0.4 is 10.1 Å². The van der Waals surface area contributed by atoms with E-state index in [0.29, 0.717) is 21.5 Å². The lowest BCUT2D eigenvalue weighted by molar-refractivity contribution is -0.145. The van der Waals surface area contributed by atoms with E-state index in [-0.39, 0.29) is 28.9 Å². The molecule has 0 saturated heterocycles. The van der Waals surface area contributed by atoms with Gasteiger partial charge in [0.1, 0.15) is 16.4 Å². The van der Waals surface area contributed by atoms with Gasteiger partial charge in [0.2, 0.25) is 0 Å². The number of nitrogens with one attached hydrogen (secondary N) is 1. The molecule has 0 aliphatic heterocycles. The van der Waals surface area contributed by atoms with E-state index >= 15 is 0 Å². The van der Waals surface area contributed by atoms with Crippen molar-refractivity contribution in [1.29, 1.82) is 0 Å². The van der Waals surface area contributed by atoms with E-state index in [9.17, 15) is 14.0 Å². The number of benzene rings is 2. The Bertz CT molecular complexity index is 1000. The van der Waals surface area contributed by atoms with Crippen molar-refractivity contribution < 1.29 is 23.5 Å². The van der Waals surface area contributed by atoms with Crippen molar-refractivity contribution >= 4 is 50.6 Å². The largest absolute Gasteiger partial charge is 0.482 e. The number of hydrogen-bond donors (Lipinski definition) is 1. The topological polar surface area (TPSA) is 64.6 Å². The summed E-state index contributed by atoms with van der Waals surface area (Å²) in [5.41, 5.74) is 0.473. The van der Waals surface area contributed by atoms with Crippen molar-refractivity contribution in [3.63, 3.8) is 0 Å². The lowest BCUT2D eigenvalue weighted by Crippen LogP contribution is -2.15. The molecule has 8 heteroatoms. The van der Waals surface area contributed by atoms with E-state index in [1.807, 2.05) is 0 Å². The molecule has 5 nitrogen and oxygen atoms in total. The van der Waals surface area contributed by atoms with Crippen molar-refractivity contribution in [2.45, 2.75) is 6.92 Å². The number of carbonyl (C=O) groups is 2. The number of thiophene rings is 1. The maximum absolute atomic E-state index is 13.4. The molecule has 0 atom stereocenters. The van der Waals surface area contributed by atoms with Gasteiger partial charge in [-0.2, -0.15) is 0 Å². The van der Waals surface area contributed by atoms with Crippen molar-refractivity contribution in [2.24, 2.45) is 0 Å². The van der Waals surface area contributed by atoms with Gasteiger partial charge in [-0.3, -0.25) is 4.79 Å². The van der Waals surface area contributed by atoms with Crippen molar-refractivity contribution in [2.75, 3.05) is 18.5 Å². The molecule has 1 amide bonds. The molecule has 3 rings (SSSR count). The van der Waals surface area contributed by atoms with Crippen LogP contribution >= 0.6 is 22.9 Å². The summed E-state index contributed by atoms with van der Waals surface area (Å²) in [5.74, 6) is -0.871. The van der Waals surface area contributed by atoms with Gasteiger partial charge in [0.05, 0.1) is 11.6 Å². The quantitative estimate of drug-likeness (QED) is 0.591. The molecule has 1 heterocycles. The van der Waals surface area contributed by atoms with Crippen LogP contribution in [-0.2, 0) is 9.53 Å². The molecule has 0 spiro atoms. The Morgan fingerprint density at radius 3 is 2.81 bits per heavy atom. The molecule has 2 aromatic carbocycles. The maximum Gasteiger partial charge on any atom is 0.344 e. The number of fused-ring (bicyclic) bond motifs is 1. The van der Waals surface area contributed by atoms with Crippen molar-refractivity contribution in [3.05, 3.63) is 58.2 Å². The number of carbonyl (C=O) groups excluding carboxylic acids is 2. The average molecular weight is 408 g/mol. The molecule has 0 bridgehead atoms. The number of hydrogen-bond acceptors (Lipinski definition) is 5. The molecule has 0 aliphatic rings. The van der Waals surface area contributed by atoms with Crippen LogP contribution in [-0.4, -0.2) is 25.1 Å². The standard InChI is InChI=1S/C19H15ClFNO4S/c1-2-25-16(23)10-26-13-5-3-4-12(9-13)22-19(24)18-17(20)14-7-6-11(21)8-15(14)27-18/h3-9H,2,10H2,1H3,(H,22,24). The van der Waals surface area contributed by atoms with Crippen LogP contribution in [0.4, 0.5) is 10.1 Å². The zero-order valence-electron chi connectivity index (χ0n) is 14.3. The molecule has 0 fully saturated rings. The Hall–Kier alpha value is -2.64. The van der Waals surface area contributed by atoms with Gasteiger partial charge >= 0.3 is 5.97 Å². The average Bonchev–Trinajstić information content (AvgIpc) is 2.96. The van der Waals surface area contributed by atoms with Gasteiger partial charge in [0, 0.05) is 21.8 Å². The molecular formula is C19H15ClFNO4S. The van der Waals surface area contributed by atoms with Gasteiger partial charge in [-0.1, -0.05) is 17.7 Å². The Morgan fingerprint density at radius 2 is 2.04 bits per heavy atom. The number of ether oxygens (including phenoxy) is 2. The lowest BCUT2D eigenvalue weighted by Gasteiger charge is -2.08. The summed E-state index contributed by atoms with van der Waals surface area (Å²) >= 11 is 7.38. The molecule has 1 aromatic heterocycles. The predicted octanol–water partition coefficient (Wildman–Crippen LogP) is 4.89. The van der Waals surface area contributed by atoms with Gasteiger partial charge in [0.15, 0.2) is 6.61 Å². The van der Waals surface area contributed by atoms with Gasteiger partial charge in [-0.05, 0) is 37.3 Å². The minimum atomic E-state index is -0.476. The molecule has 0 radical (unpaired) electrons. The minimum absolute atomic E-state index is 0.223. The maximum atomic E-state index is 13.4. The van der Waals surface area contributed by atoms with E-state index in [2.05, 4.69) is 5.32 Å². The highest BCUT2D eigenvalue weighted by molar-refractivity contribution is 7.21. The first-order valence-electron chi connectivity index (χ1n) is 8.05. The van der Waals surface area contributed by atoms with Crippen molar-refractivity contribution in [3.8, 4) is 5.75 Å². The second-order valence-corrected chi connectivity index (χ2v) is 6.89. The third-order valence-corrected chi connectivity index (χ3v) is 5.21. The first-order chi connectivity index (χ1) is 13.0.